The van der Waals surface area contributed by atoms with Crippen molar-refractivity contribution in [3.63, 3.8) is 0 Å². The van der Waals surface area contributed by atoms with Gasteiger partial charge in [0.2, 0.25) is 5.78 Å². The number of allylic oxidation sites excluding steroid dienone is 4. The van der Waals surface area contributed by atoms with E-state index >= 15 is 0 Å². The van der Waals surface area contributed by atoms with Crippen molar-refractivity contribution in [2.75, 3.05) is 0 Å². The van der Waals surface area contributed by atoms with Gasteiger partial charge in [0, 0.05) is 5.57 Å². The topological polar surface area (TPSA) is 63.6 Å². The van der Waals surface area contributed by atoms with Gasteiger partial charge in [-0.1, -0.05) is 43.1 Å². The summed E-state index contributed by atoms with van der Waals surface area (Å²) in [5.74, 6) is -0.345. The molecule has 1 aliphatic carbocycles. The van der Waals surface area contributed by atoms with Gasteiger partial charge in [-0.25, -0.2) is 0 Å². The zero-order valence-corrected chi connectivity index (χ0v) is 15.0. The number of carbonyl (C=O) groups is 1. The van der Waals surface area contributed by atoms with Gasteiger partial charge in [-0.15, -0.1) is 0 Å². The van der Waals surface area contributed by atoms with E-state index in [0.717, 1.165) is 5.56 Å². The Kier molecular flexibility index (Phi) is 4.92. The summed E-state index contributed by atoms with van der Waals surface area (Å²) in [6.07, 6.45) is 1.51. The van der Waals surface area contributed by atoms with Crippen LogP contribution in [-0.2, 0) is 14.8 Å². The van der Waals surface area contributed by atoms with E-state index in [9.17, 15) is 13.2 Å². The molecule has 0 radical (unpaired) electrons. The van der Waals surface area contributed by atoms with Gasteiger partial charge in [0.05, 0.1) is 15.6 Å². The van der Waals surface area contributed by atoms with E-state index in [1.165, 1.54) is 18.2 Å². The van der Waals surface area contributed by atoms with Gasteiger partial charge >= 0.3 is 0 Å². The molecule has 0 atom stereocenters. The molecule has 1 aromatic rings. The minimum Gasteiger partial charge on any atom is -0.288 e. The molecule has 0 saturated heterocycles. The maximum Gasteiger partial charge on any atom is 0.282 e. The number of ketones is 1. The number of aryl methyl sites for hydroxylation is 1. The third kappa shape index (κ3) is 3.62. The summed E-state index contributed by atoms with van der Waals surface area (Å²) in [6, 6.07) is 6.44. The van der Waals surface area contributed by atoms with Crippen molar-refractivity contribution in [1.29, 1.82) is 0 Å². The Labute approximate surface area is 141 Å². The average Bonchev–Trinajstić information content (AvgIpc) is 2.48. The minimum absolute atomic E-state index is 0.0223. The third-order valence-electron chi connectivity index (χ3n) is 3.63. The van der Waals surface area contributed by atoms with Crippen molar-refractivity contribution >= 4 is 33.1 Å². The summed E-state index contributed by atoms with van der Waals surface area (Å²) in [4.78, 5) is 12.2. The Morgan fingerprint density at radius 1 is 1.09 bits per heavy atom. The van der Waals surface area contributed by atoms with E-state index in [4.69, 9.17) is 11.6 Å². The van der Waals surface area contributed by atoms with Gasteiger partial charge < -0.3 is 0 Å². The molecular formula is C17H18ClNO3S. The van der Waals surface area contributed by atoms with Crippen LogP contribution in [-0.4, -0.2) is 19.9 Å². The molecular weight excluding hydrogens is 334 g/mol. The molecule has 6 heteroatoms. The fourth-order valence-electron chi connectivity index (χ4n) is 2.15. The molecule has 0 fully saturated rings. The Hall–Kier alpha value is -1.72. The van der Waals surface area contributed by atoms with Gasteiger partial charge in [0.15, 0.2) is 0 Å². The fraction of sp³-hybridized carbons (Fsp3) is 0.294. The predicted molar refractivity (Wildman–Crippen MR) is 92.3 cm³/mol. The van der Waals surface area contributed by atoms with Crippen LogP contribution in [0.2, 0.25) is 0 Å². The van der Waals surface area contributed by atoms with Crippen LogP contribution >= 0.6 is 11.6 Å². The van der Waals surface area contributed by atoms with E-state index < -0.39 is 10.0 Å². The molecule has 0 heterocycles. The number of Topliss-reactive ketones (excluding diaryl/α,β-unsaturated/α-hetero) is 1. The van der Waals surface area contributed by atoms with Gasteiger partial charge in [0.25, 0.3) is 10.0 Å². The molecule has 0 spiro atoms. The van der Waals surface area contributed by atoms with Crippen LogP contribution in [0.4, 0.5) is 0 Å². The molecule has 0 aliphatic heterocycles. The smallest absolute Gasteiger partial charge is 0.282 e. The maximum absolute atomic E-state index is 12.5. The molecule has 122 valence electrons. The Bertz CT molecular complexity index is 844. The van der Waals surface area contributed by atoms with Gasteiger partial charge in [-0.05, 0) is 43.5 Å². The Morgan fingerprint density at radius 2 is 1.65 bits per heavy atom. The van der Waals surface area contributed by atoms with Crippen LogP contribution in [0, 0.1) is 12.8 Å². The first-order chi connectivity index (χ1) is 10.6. The van der Waals surface area contributed by atoms with E-state index in [2.05, 4.69) is 4.40 Å². The standard InChI is InChI=1S/C17H18ClNO3S/c1-10(2)14-9-15(12(4)16(18)17(14)20)19-23(21,22)13-7-5-11(3)6-8-13/h5-10H,1-4H3/b19-15+. The number of nitrogens with zero attached hydrogens (tertiary/aromatic N) is 1. The van der Waals surface area contributed by atoms with Crippen molar-refractivity contribution in [1.82, 2.24) is 0 Å². The number of hydrogen-bond donors (Lipinski definition) is 0. The summed E-state index contributed by atoms with van der Waals surface area (Å²) in [7, 11) is -3.86. The number of rotatable bonds is 3. The second kappa shape index (κ2) is 6.42. The summed E-state index contributed by atoms with van der Waals surface area (Å²) in [5.41, 5.74) is 2.00. The number of sulfonamides is 1. The first kappa shape index (κ1) is 17.6. The van der Waals surface area contributed by atoms with Crippen LogP contribution in [0.3, 0.4) is 0 Å². The molecule has 0 amide bonds. The quantitative estimate of drug-likeness (QED) is 0.778. The SMILES string of the molecule is CC1=C(Cl)C(=O)C(C(C)C)=C/C1=N\S(=O)(=O)c1ccc(C)cc1. The highest BCUT2D eigenvalue weighted by Gasteiger charge is 2.27. The number of carbonyl (C=O) groups excluding carboxylic acids is 1. The highest BCUT2D eigenvalue weighted by atomic mass is 35.5. The highest BCUT2D eigenvalue weighted by molar-refractivity contribution is 7.90. The van der Waals surface area contributed by atoms with Crippen LogP contribution < -0.4 is 0 Å². The molecule has 0 unspecified atom stereocenters. The van der Waals surface area contributed by atoms with Crippen molar-refractivity contribution in [2.45, 2.75) is 32.6 Å². The van der Waals surface area contributed by atoms with E-state index in [0.29, 0.717) is 11.1 Å². The van der Waals surface area contributed by atoms with E-state index in [1.54, 1.807) is 19.1 Å². The fourth-order valence-corrected chi connectivity index (χ4v) is 3.39. The minimum atomic E-state index is -3.86. The van der Waals surface area contributed by atoms with Crippen LogP contribution in [0.15, 0.2) is 55.8 Å². The summed E-state index contributed by atoms with van der Waals surface area (Å²) >= 11 is 6.06. The second-order valence-electron chi connectivity index (χ2n) is 5.79. The lowest BCUT2D eigenvalue weighted by molar-refractivity contribution is -0.112. The Balaban J connectivity index is 2.56. The molecule has 2 rings (SSSR count). The molecule has 1 aromatic carbocycles. The normalized spacial score (nSPS) is 17.9. The highest BCUT2D eigenvalue weighted by Crippen LogP contribution is 2.28. The van der Waals surface area contributed by atoms with Crippen molar-refractivity contribution in [3.05, 3.63) is 52.1 Å². The van der Waals surface area contributed by atoms with Gasteiger partial charge in [-0.3, -0.25) is 4.79 Å². The van der Waals surface area contributed by atoms with Crippen molar-refractivity contribution in [2.24, 2.45) is 10.3 Å². The zero-order valence-electron chi connectivity index (χ0n) is 13.4. The predicted octanol–water partition coefficient (Wildman–Crippen LogP) is 3.80. The first-order valence-corrected chi connectivity index (χ1v) is 9.00. The van der Waals surface area contributed by atoms with Crippen LogP contribution in [0.1, 0.15) is 26.3 Å². The van der Waals surface area contributed by atoms with E-state index in [1.807, 2.05) is 20.8 Å². The summed E-state index contributed by atoms with van der Waals surface area (Å²) < 4.78 is 28.8. The van der Waals surface area contributed by atoms with Gasteiger partial charge in [0.1, 0.15) is 0 Å². The van der Waals surface area contributed by atoms with Crippen molar-refractivity contribution < 1.29 is 13.2 Å². The van der Waals surface area contributed by atoms with E-state index in [-0.39, 0.29) is 27.3 Å². The number of benzene rings is 1. The van der Waals surface area contributed by atoms with Crippen LogP contribution in [0.25, 0.3) is 0 Å². The lowest BCUT2D eigenvalue weighted by Gasteiger charge is -2.17. The average molecular weight is 352 g/mol. The molecule has 0 aromatic heterocycles. The Morgan fingerprint density at radius 3 is 2.17 bits per heavy atom. The first-order valence-electron chi connectivity index (χ1n) is 7.18. The number of halogens is 1. The zero-order chi connectivity index (χ0) is 17.4. The maximum atomic E-state index is 12.5. The monoisotopic (exact) mass is 351 g/mol. The van der Waals surface area contributed by atoms with Crippen molar-refractivity contribution in [3.8, 4) is 0 Å². The summed E-state index contributed by atoms with van der Waals surface area (Å²) in [5, 5.41) is 0.0223. The summed E-state index contributed by atoms with van der Waals surface area (Å²) in [6.45, 7) is 7.16. The third-order valence-corrected chi connectivity index (χ3v) is 5.39. The largest absolute Gasteiger partial charge is 0.288 e. The molecule has 0 saturated carbocycles. The molecule has 23 heavy (non-hydrogen) atoms. The van der Waals surface area contributed by atoms with Gasteiger partial charge in [-0.2, -0.15) is 12.8 Å². The second-order valence-corrected chi connectivity index (χ2v) is 7.77. The lowest BCUT2D eigenvalue weighted by Crippen LogP contribution is -2.19. The molecule has 4 nitrogen and oxygen atoms in total. The van der Waals surface area contributed by atoms with Crippen LogP contribution in [0.5, 0.6) is 0 Å². The molecule has 1 aliphatic rings. The lowest BCUT2D eigenvalue weighted by atomic mass is 9.90. The molecule has 0 N–H and O–H groups in total. The molecule has 0 bridgehead atoms. The number of hydrogen-bond acceptors (Lipinski definition) is 3.